The number of Topliss-reactive ketones (excluding diaryl/α,β-unsaturated/α-hetero) is 1. The standard InChI is InChI=1S/C10H18O5/c1-2-3-4-5-7(11)8(12)6-9(13)10(14)15/h7,9,11,13H,2-6H2,1H3,(H,14,15)/t7-,9+/m1/s1. The fraction of sp³-hybridized carbons (Fsp3) is 0.800. The molecule has 0 aliphatic rings. The molecular weight excluding hydrogens is 200 g/mol. The van der Waals surface area contributed by atoms with Gasteiger partial charge in [-0.2, -0.15) is 0 Å². The Kier molecular flexibility index (Phi) is 6.90. The predicted octanol–water partition coefficient (Wildman–Crippen LogP) is 0.332. The summed E-state index contributed by atoms with van der Waals surface area (Å²) in [5.74, 6) is -2.05. The third-order valence-corrected chi connectivity index (χ3v) is 2.13. The molecule has 0 saturated heterocycles. The Morgan fingerprint density at radius 3 is 2.20 bits per heavy atom. The summed E-state index contributed by atoms with van der Waals surface area (Å²) in [6.07, 6.45) is -0.414. The Balaban J connectivity index is 3.83. The number of carboxylic acid groups (broad SMARTS) is 1. The van der Waals surface area contributed by atoms with Gasteiger partial charge in [0, 0.05) is 6.42 Å². The summed E-state index contributed by atoms with van der Waals surface area (Å²) in [7, 11) is 0. The van der Waals surface area contributed by atoms with Gasteiger partial charge in [0.05, 0.1) is 0 Å². The number of carbonyl (C=O) groups excluding carboxylic acids is 1. The first-order chi connectivity index (χ1) is 6.99. The maximum atomic E-state index is 11.2. The number of hydrogen-bond acceptors (Lipinski definition) is 4. The molecule has 3 N–H and O–H groups in total. The predicted molar refractivity (Wildman–Crippen MR) is 53.4 cm³/mol. The second-order valence-electron chi connectivity index (χ2n) is 3.54. The van der Waals surface area contributed by atoms with Crippen LogP contribution in [0, 0.1) is 0 Å². The summed E-state index contributed by atoms with van der Waals surface area (Å²) in [5.41, 5.74) is 0. The molecule has 0 saturated carbocycles. The zero-order chi connectivity index (χ0) is 11.8. The molecule has 15 heavy (non-hydrogen) atoms. The average molecular weight is 218 g/mol. The van der Waals surface area contributed by atoms with Crippen LogP contribution in [0.2, 0.25) is 0 Å². The van der Waals surface area contributed by atoms with Crippen LogP contribution in [-0.2, 0) is 9.59 Å². The Morgan fingerprint density at radius 2 is 1.73 bits per heavy atom. The fourth-order valence-electron chi connectivity index (χ4n) is 1.16. The number of ketones is 1. The molecule has 0 aromatic rings. The maximum absolute atomic E-state index is 11.2. The van der Waals surface area contributed by atoms with Crippen molar-refractivity contribution in [1.82, 2.24) is 0 Å². The molecule has 0 aliphatic carbocycles. The van der Waals surface area contributed by atoms with Crippen LogP contribution < -0.4 is 0 Å². The van der Waals surface area contributed by atoms with Gasteiger partial charge in [-0.25, -0.2) is 4.79 Å². The first-order valence-corrected chi connectivity index (χ1v) is 5.10. The molecule has 5 heteroatoms. The molecule has 2 atom stereocenters. The minimum absolute atomic E-state index is 0.332. The number of aliphatic hydroxyl groups excluding tert-OH is 2. The number of carboxylic acids is 1. The van der Waals surface area contributed by atoms with E-state index in [9.17, 15) is 14.7 Å². The highest BCUT2D eigenvalue weighted by Gasteiger charge is 2.22. The number of aliphatic hydroxyl groups is 2. The van der Waals surface area contributed by atoms with Crippen molar-refractivity contribution >= 4 is 11.8 Å². The second kappa shape index (κ2) is 7.36. The van der Waals surface area contributed by atoms with E-state index in [1.807, 2.05) is 6.92 Å². The molecule has 0 rings (SSSR count). The molecule has 88 valence electrons. The van der Waals surface area contributed by atoms with Gasteiger partial charge in [-0.05, 0) is 6.42 Å². The molecule has 0 amide bonds. The van der Waals surface area contributed by atoms with E-state index in [-0.39, 0.29) is 0 Å². The quantitative estimate of drug-likeness (QED) is 0.510. The molecule has 5 nitrogen and oxygen atoms in total. The highest BCUT2D eigenvalue weighted by molar-refractivity contribution is 5.87. The lowest BCUT2D eigenvalue weighted by molar-refractivity contribution is -0.150. The van der Waals surface area contributed by atoms with Crippen molar-refractivity contribution in [1.29, 1.82) is 0 Å². The Labute approximate surface area is 88.7 Å². The summed E-state index contributed by atoms with van der Waals surface area (Å²) >= 11 is 0. The number of unbranched alkanes of at least 4 members (excludes halogenated alkanes) is 2. The third-order valence-electron chi connectivity index (χ3n) is 2.13. The highest BCUT2D eigenvalue weighted by Crippen LogP contribution is 2.07. The number of rotatable bonds is 8. The Bertz CT molecular complexity index is 214. The van der Waals surface area contributed by atoms with Gasteiger partial charge in [-0.1, -0.05) is 26.2 Å². The summed E-state index contributed by atoms with van der Waals surface area (Å²) in [5, 5.41) is 26.6. The molecular formula is C10H18O5. The number of aliphatic carboxylic acids is 1. The van der Waals surface area contributed by atoms with E-state index < -0.39 is 30.4 Å². The van der Waals surface area contributed by atoms with Crippen molar-refractivity contribution in [2.24, 2.45) is 0 Å². The van der Waals surface area contributed by atoms with Crippen LogP contribution in [0.4, 0.5) is 0 Å². The van der Waals surface area contributed by atoms with E-state index in [0.717, 1.165) is 19.3 Å². The smallest absolute Gasteiger partial charge is 0.332 e. The largest absolute Gasteiger partial charge is 0.479 e. The number of carbonyl (C=O) groups is 2. The van der Waals surface area contributed by atoms with Crippen molar-refractivity contribution < 1.29 is 24.9 Å². The molecule has 0 unspecified atom stereocenters. The monoisotopic (exact) mass is 218 g/mol. The van der Waals surface area contributed by atoms with Crippen LogP contribution in [0.15, 0.2) is 0 Å². The highest BCUT2D eigenvalue weighted by atomic mass is 16.4. The van der Waals surface area contributed by atoms with E-state index in [4.69, 9.17) is 10.2 Å². The molecule has 0 aromatic heterocycles. The van der Waals surface area contributed by atoms with E-state index >= 15 is 0 Å². The Morgan fingerprint density at radius 1 is 1.13 bits per heavy atom. The fourth-order valence-corrected chi connectivity index (χ4v) is 1.16. The van der Waals surface area contributed by atoms with E-state index in [1.165, 1.54) is 0 Å². The van der Waals surface area contributed by atoms with Gasteiger partial charge in [0.25, 0.3) is 0 Å². The lowest BCUT2D eigenvalue weighted by Crippen LogP contribution is -2.29. The van der Waals surface area contributed by atoms with Crippen molar-refractivity contribution in [3.05, 3.63) is 0 Å². The second-order valence-corrected chi connectivity index (χ2v) is 3.54. The topological polar surface area (TPSA) is 94.8 Å². The van der Waals surface area contributed by atoms with Crippen molar-refractivity contribution in [2.45, 2.75) is 51.2 Å². The lowest BCUT2D eigenvalue weighted by Gasteiger charge is -2.10. The van der Waals surface area contributed by atoms with Crippen LogP contribution in [0.25, 0.3) is 0 Å². The zero-order valence-corrected chi connectivity index (χ0v) is 8.85. The van der Waals surface area contributed by atoms with Gasteiger partial charge < -0.3 is 15.3 Å². The lowest BCUT2D eigenvalue weighted by atomic mass is 10.0. The van der Waals surface area contributed by atoms with E-state index in [2.05, 4.69) is 0 Å². The molecule has 0 aliphatic heterocycles. The third kappa shape index (κ3) is 6.19. The molecule has 0 aromatic carbocycles. The van der Waals surface area contributed by atoms with Gasteiger partial charge in [-0.3, -0.25) is 4.79 Å². The zero-order valence-electron chi connectivity index (χ0n) is 8.85. The molecule has 0 spiro atoms. The van der Waals surface area contributed by atoms with Crippen LogP contribution in [0.1, 0.15) is 39.0 Å². The van der Waals surface area contributed by atoms with Crippen LogP contribution >= 0.6 is 0 Å². The SMILES string of the molecule is CCCCC[C@@H](O)C(=O)C[C@H](O)C(=O)O. The molecule has 0 fully saturated rings. The summed E-state index contributed by atoms with van der Waals surface area (Å²) in [6, 6.07) is 0. The average Bonchev–Trinajstić information content (AvgIpc) is 2.17. The summed E-state index contributed by atoms with van der Waals surface area (Å²) in [6.45, 7) is 2.00. The molecule has 0 bridgehead atoms. The van der Waals surface area contributed by atoms with Crippen LogP contribution in [0.3, 0.4) is 0 Å². The summed E-state index contributed by atoms with van der Waals surface area (Å²) in [4.78, 5) is 21.4. The van der Waals surface area contributed by atoms with Gasteiger partial charge >= 0.3 is 5.97 Å². The van der Waals surface area contributed by atoms with E-state index in [1.54, 1.807) is 0 Å². The maximum Gasteiger partial charge on any atom is 0.332 e. The number of hydrogen-bond donors (Lipinski definition) is 3. The van der Waals surface area contributed by atoms with Gasteiger partial charge in [0.15, 0.2) is 11.9 Å². The normalized spacial score (nSPS) is 14.6. The van der Waals surface area contributed by atoms with Gasteiger partial charge in [-0.15, -0.1) is 0 Å². The first-order valence-electron chi connectivity index (χ1n) is 5.10. The molecule has 0 radical (unpaired) electrons. The van der Waals surface area contributed by atoms with Crippen LogP contribution in [0.5, 0.6) is 0 Å². The minimum Gasteiger partial charge on any atom is -0.479 e. The first kappa shape index (κ1) is 14.1. The summed E-state index contributed by atoms with van der Waals surface area (Å²) < 4.78 is 0. The minimum atomic E-state index is -1.71. The Hall–Kier alpha value is -0.940. The van der Waals surface area contributed by atoms with Crippen molar-refractivity contribution in [3.8, 4) is 0 Å². The van der Waals surface area contributed by atoms with Gasteiger partial charge in [0.1, 0.15) is 6.10 Å². The van der Waals surface area contributed by atoms with Crippen molar-refractivity contribution in [3.63, 3.8) is 0 Å². The molecule has 0 heterocycles. The van der Waals surface area contributed by atoms with Crippen molar-refractivity contribution in [2.75, 3.05) is 0 Å². The van der Waals surface area contributed by atoms with Gasteiger partial charge in [0.2, 0.25) is 0 Å². The van der Waals surface area contributed by atoms with E-state index in [0.29, 0.717) is 6.42 Å². The van der Waals surface area contributed by atoms with Crippen LogP contribution in [-0.4, -0.2) is 39.3 Å².